The van der Waals surface area contributed by atoms with E-state index in [1.807, 2.05) is 43.5 Å². The maximum atomic E-state index is 12.1. The normalized spacial score (nSPS) is 13.4. The molecular weight excluding hydrogens is 390 g/mol. The fourth-order valence-electron chi connectivity index (χ4n) is 3.89. The molecule has 2 heterocycles. The Labute approximate surface area is 179 Å². The molecule has 1 saturated carbocycles. The lowest BCUT2D eigenvalue weighted by Crippen LogP contribution is -2.19. The zero-order valence-electron chi connectivity index (χ0n) is 17.5. The van der Waals surface area contributed by atoms with Gasteiger partial charge >= 0.3 is 5.69 Å². The number of nitrogens with one attached hydrogen (secondary N) is 1. The van der Waals surface area contributed by atoms with Gasteiger partial charge < -0.3 is 4.74 Å². The first-order valence-electron chi connectivity index (χ1n) is 10.4. The zero-order valence-corrected chi connectivity index (χ0v) is 17.5. The van der Waals surface area contributed by atoms with Crippen molar-refractivity contribution in [2.75, 3.05) is 0 Å². The first-order valence-corrected chi connectivity index (χ1v) is 10.4. The van der Waals surface area contributed by atoms with E-state index < -0.39 is 0 Å². The van der Waals surface area contributed by atoms with E-state index in [0.717, 1.165) is 41.0 Å². The van der Waals surface area contributed by atoms with Crippen LogP contribution in [0.15, 0.2) is 59.5 Å². The Morgan fingerprint density at radius 1 is 1.13 bits per heavy atom. The van der Waals surface area contributed by atoms with Gasteiger partial charge in [-0.3, -0.25) is 4.98 Å². The Kier molecular flexibility index (Phi) is 4.86. The minimum absolute atomic E-state index is 0.351. The number of aromatic nitrogens is 5. The van der Waals surface area contributed by atoms with Gasteiger partial charge in [-0.1, -0.05) is 12.1 Å². The number of ether oxygens (including phenoxy) is 1. The van der Waals surface area contributed by atoms with E-state index in [4.69, 9.17) is 4.74 Å². The molecule has 0 unspecified atom stereocenters. The molecule has 0 saturated heterocycles. The summed E-state index contributed by atoms with van der Waals surface area (Å²) in [5.41, 5.74) is 6.75. The summed E-state index contributed by atoms with van der Waals surface area (Å²) in [7, 11) is 0. The van der Waals surface area contributed by atoms with Gasteiger partial charge in [0.05, 0.1) is 11.4 Å². The molecule has 2 aromatic heterocycles. The summed E-state index contributed by atoms with van der Waals surface area (Å²) in [4.78, 5) is 16.6. The number of H-pyrrole nitrogens is 1. The fourth-order valence-corrected chi connectivity index (χ4v) is 3.89. The second-order valence-electron chi connectivity index (χ2n) is 8.02. The lowest BCUT2D eigenvalue weighted by Gasteiger charge is -2.16. The van der Waals surface area contributed by atoms with E-state index in [1.165, 1.54) is 15.8 Å². The molecule has 2 aromatic carbocycles. The van der Waals surface area contributed by atoms with Gasteiger partial charge in [-0.15, -0.1) is 0 Å². The molecule has 156 valence electrons. The predicted octanol–water partition coefficient (Wildman–Crippen LogP) is 4.09. The van der Waals surface area contributed by atoms with Crippen LogP contribution in [0.1, 0.15) is 41.0 Å². The molecular formula is C24H23N5O2. The number of hydrogen-bond acceptors (Lipinski definition) is 5. The molecule has 0 radical (unpaired) electrons. The van der Waals surface area contributed by atoms with Gasteiger partial charge in [-0.25, -0.2) is 9.89 Å². The Morgan fingerprint density at radius 3 is 2.71 bits per heavy atom. The van der Waals surface area contributed by atoms with Gasteiger partial charge in [0.2, 0.25) is 0 Å². The van der Waals surface area contributed by atoms with Crippen LogP contribution < -0.4 is 10.4 Å². The summed E-state index contributed by atoms with van der Waals surface area (Å²) in [6.45, 7) is 4.44. The van der Waals surface area contributed by atoms with Crippen LogP contribution in [0, 0.1) is 13.8 Å². The standard InChI is InChI=1S/C24H23N5O2/c1-15-10-11-25-21(12-15)18-8-9-23(16(2)13-18)31-14-20-19(17-6-7-17)4-3-5-22(20)29-24(30)26-27-28-29/h3-5,8-13,17H,6-7,14H2,1-2H3,(H,26,28,30). The van der Waals surface area contributed by atoms with Gasteiger partial charge in [0, 0.05) is 17.3 Å². The highest BCUT2D eigenvalue weighted by Crippen LogP contribution is 2.43. The van der Waals surface area contributed by atoms with E-state index in [2.05, 4.69) is 45.6 Å². The number of tetrazole rings is 1. The maximum absolute atomic E-state index is 12.1. The van der Waals surface area contributed by atoms with Crippen molar-refractivity contribution >= 4 is 0 Å². The van der Waals surface area contributed by atoms with Gasteiger partial charge in [0.25, 0.3) is 0 Å². The van der Waals surface area contributed by atoms with Crippen LogP contribution in [0.2, 0.25) is 0 Å². The maximum Gasteiger partial charge on any atom is 0.365 e. The molecule has 0 bridgehead atoms. The molecule has 1 N–H and O–H groups in total. The Morgan fingerprint density at radius 2 is 2.00 bits per heavy atom. The molecule has 0 aliphatic heterocycles. The van der Waals surface area contributed by atoms with Gasteiger partial charge in [-0.2, -0.15) is 4.68 Å². The molecule has 1 aliphatic carbocycles. The number of nitrogens with zero attached hydrogens (tertiary/aromatic N) is 4. The van der Waals surface area contributed by atoms with Crippen LogP contribution in [-0.4, -0.2) is 25.2 Å². The highest BCUT2D eigenvalue weighted by Gasteiger charge is 2.28. The minimum Gasteiger partial charge on any atom is -0.489 e. The van der Waals surface area contributed by atoms with E-state index in [-0.39, 0.29) is 5.69 Å². The highest BCUT2D eigenvalue weighted by atomic mass is 16.5. The van der Waals surface area contributed by atoms with Crippen molar-refractivity contribution in [3.63, 3.8) is 0 Å². The summed E-state index contributed by atoms with van der Waals surface area (Å²) in [5.74, 6) is 1.32. The van der Waals surface area contributed by atoms with Crippen molar-refractivity contribution in [2.45, 2.75) is 39.2 Å². The average molecular weight is 413 g/mol. The minimum atomic E-state index is -0.361. The monoisotopic (exact) mass is 413 g/mol. The highest BCUT2D eigenvalue weighted by molar-refractivity contribution is 5.62. The van der Waals surface area contributed by atoms with Gasteiger partial charge in [0.15, 0.2) is 0 Å². The number of aromatic amines is 1. The van der Waals surface area contributed by atoms with Crippen LogP contribution >= 0.6 is 0 Å². The number of aryl methyl sites for hydroxylation is 2. The molecule has 1 fully saturated rings. The first kappa shape index (κ1) is 19.2. The van der Waals surface area contributed by atoms with Gasteiger partial charge in [0.1, 0.15) is 12.4 Å². The number of pyridine rings is 1. The van der Waals surface area contributed by atoms with Crippen molar-refractivity contribution < 1.29 is 4.74 Å². The third-order valence-electron chi connectivity index (χ3n) is 5.66. The summed E-state index contributed by atoms with van der Waals surface area (Å²) in [6.07, 6.45) is 4.13. The molecule has 0 spiro atoms. The molecule has 5 rings (SSSR count). The summed E-state index contributed by atoms with van der Waals surface area (Å²) >= 11 is 0. The number of rotatable bonds is 6. The smallest absolute Gasteiger partial charge is 0.365 e. The lowest BCUT2D eigenvalue weighted by molar-refractivity contribution is 0.302. The number of benzene rings is 2. The van der Waals surface area contributed by atoms with Crippen molar-refractivity contribution in [1.29, 1.82) is 0 Å². The van der Waals surface area contributed by atoms with Crippen molar-refractivity contribution in [1.82, 2.24) is 25.2 Å². The summed E-state index contributed by atoms with van der Waals surface area (Å²) in [5, 5.41) is 9.93. The van der Waals surface area contributed by atoms with Gasteiger partial charge in [-0.05, 0) is 96.1 Å². The van der Waals surface area contributed by atoms with Crippen molar-refractivity contribution in [3.8, 4) is 22.7 Å². The van der Waals surface area contributed by atoms with Crippen LogP contribution in [0.25, 0.3) is 16.9 Å². The van der Waals surface area contributed by atoms with Crippen LogP contribution in [-0.2, 0) is 6.61 Å². The topological polar surface area (TPSA) is 85.7 Å². The summed E-state index contributed by atoms with van der Waals surface area (Å²) < 4.78 is 7.54. The van der Waals surface area contributed by atoms with E-state index >= 15 is 0 Å². The Hall–Kier alpha value is -3.74. The second-order valence-corrected chi connectivity index (χ2v) is 8.02. The molecule has 4 aromatic rings. The lowest BCUT2D eigenvalue weighted by atomic mass is 10.0. The van der Waals surface area contributed by atoms with Crippen LogP contribution in [0.5, 0.6) is 5.75 Å². The Balaban J connectivity index is 1.45. The van der Waals surface area contributed by atoms with E-state index in [1.54, 1.807) is 0 Å². The molecule has 7 heteroatoms. The predicted molar refractivity (Wildman–Crippen MR) is 117 cm³/mol. The van der Waals surface area contributed by atoms with Crippen LogP contribution in [0.4, 0.5) is 0 Å². The molecule has 0 atom stereocenters. The summed E-state index contributed by atoms with van der Waals surface area (Å²) in [6, 6.07) is 16.1. The van der Waals surface area contributed by atoms with Crippen LogP contribution in [0.3, 0.4) is 0 Å². The van der Waals surface area contributed by atoms with E-state index in [9.17, 15) is 4.79 Å². The zero-order chi connectivity index (χ0) is 21.4. The second kappa shape index (κ2) is 7.83. The third-order valence-corrected chi connectivity index (χ3v) is 5.66. The molecule has 1 aliphatic rings. The van der Waals surface area contributed by atoms with Crippen molar-refractivity contribution in [3.05, 3.63) is 87.5 Å². The fraction of sp³-hybridized carbons (Fsp3) is 0.250. The third kappa shape index (κ3) is 3.86. The average Bonchev–Trinajstić information content (AvgIpc) is 3.53. The largest absolute Gasteiger partial charge is 0.489 e. The molecule has 0 amide bonds. The quantitative estimate of drug-likeness (QED) is 0.515. The first-order chi connectivity index (χ1) is 15.1. The SMILES string of the molecule is Cc1ccnc(-c2ccc(OCc3c(C4CC4)cccc3-n3nn[nH]c3=O)c(C)c2)c1. The molecule has 31 heavy (non-hydrogen) atoms. The molecule has 7 nitrogen and oxygen atoms in total. The Bertz CT molecular complexity index is 1300. The number of hydrogen-bond donors (Lipinski definition) is 1. The van der Waals surface area contributed by atoms with E-state index in [0.29, 0.717) is 18.2 Å². The van der Waals surface area contributed by atoms with Crippen molar-refractivity contribution in [2.24, 2.45) is 0 Å².